The summed E-state index contributed by atoms with van der Waals surface area (Å²) >= 11 is 0. The second-order valence-electron chi connectivity index (χ2n) is 6.20. The Bertz CT molecular complexity index is 769. The maximum atomic E-state index is 11.1. The molecular weight excluding hydrogens is 358 g/mol. The molecule has 0 saturated carbocycles. The quantitative estimate of drug-likeness (QED) is 0.354. The second-order valence-corrected chi connectivity index (χ2v) is 6.20. The third-order valence-electron chi connectivity index (χ3n) is 4.26. The lowest BCUT2D eigenvalue weighted by molar-refractivity contribution is -0.145. The van der Waals surface area contributed by atoms with E-state index in [0.717, 1.165) is 35.4 Å². The average Bonchev–Trinajstić information content (AvgIpc) is 2.73. The predicted octanol–water partition coefficient (Wildman–Crippen LogP) is 4.31. The minimum absolute atomic E-state index is 0.404. The van der Waals surface area contributed by atoms with Crippen LogP contribution in [0.2, 0.25) is 0 Å². The molecule has 0 fully saturated rings. The fraction of sp³-hybridized carbons (Fsp3) is 0.364. The van der Waals surface area contributed by atoms with Crippen molar-refractivity contribution in [1.82, 2.24) is 0 Å². The van der Waals surface area contributed by atoms with Crippen LogP contribution in [0.5, 0.6) is 11.5 Å². The first kappa shape index (κ1) is 21.3. The van der Waals surface area contributed by atoms with Crippen molar-refractivity contribution in [2.45, 2.75) is 39.2 Å². The summed E-state index contributed by atoms with van der Waals surface area (Å²) in [7, 11) is 1.64. The highest BCUT2D eigenvalue weighted by atomic mass is 16.6. The zero-order valence-corrected chi connectivity index (χ0v) is 16.6. The molecule has 0 saturated heterocycles. The van der Waals surface area contributed by atoms with Crippen LogP contribution in [0, 0.1) is 0 Å². The lowest BCUT2D eigenvalue weighted by atomic mass is 10.1. The number of rotatable bonds is 11. The van der Waals surface area contributed by atoms with Gasteiger partial charge in [-0.1, -0.05) is 31.1 Å². The van der Waals surface area contributed by atoms with E-state index in [9.17, 15) is 4.79 Å². The van der Waals surface area contributed by atoms with Gasteiger partial charge < -0.3 is 19.4 Å². The van der Waals surface area contributed by atoms with Gasteiger partial charge in [0.1, 0.15) is 18.1 Å². The van der Waals surface area contributed by atoms with Gasteiger partial charge in [0.05, 0.1) is 12.8 Å². The fourth-order valence-corrected chi connectivity index (χ4v) is 2.60. The minimum atomic E-state index is -0.965. The van der Waals surface area contributed by atoms with Gasteiger partial charge in [0.15, 0.2) is 6.10 Å². The lowest BCUT2D eigenvalue weighted by Crippen LogP contribution is -2.25. The van der Waals surface area contributed by atoms with Crippen molar-refractivity contribution in [2.24, 2.45) is 5.16 Å². The van der Waals surface area contributed by atoms with Crippen molar-refractivity contribution in [3.05, 3.63) is 59.7 Å². The highest BCUT2D eigenvalue weighted by molar-refractivity contribution is 6.00. The average molecular weight is 385 g/mol. The molecule has 150 valence electrons. The SMILES string of the molecule is CC/C(=N\OCCc1ccc(OC)cc1)c1ccc(OC(CC)C(=O)O)cc1. The summed E-state index contributed by atoms with van der Waals surface area (Å²) in [5.41, 5.74) is 2.90. The molecule has 6 nitrogen and oxygen atoms in total. The third-order valence-corrected chi connectivity index (χ3v) is 4.26. The van der Waals surface area contributed by atoms with Crippen molar-refractivity contribution < 1.29 is 24.2 Å². The van der Waals surface area contributed by atoms with E-state index >= 15 is 0 Å². The van der Waals surface area contributed by atoms with Crippen molar-refractivity contribution >= 4 is 11.7 Å². The van der Waals surface area contributed by atoms with Crippen LogP contribution in [0.1, 0.15) is 37.8 Å². The molecule has 28 heavy (non-hydrogen) atoms. The van der Waals surface area contributed by atoms with Gasteiger partial charge in [-0.05, 0) is 60.4 Å². The first-order chi connectivity index (χ1) is 13.6. The predicted molar refractivity (Wildman–Crippen MR) is 108 cm³/mol. The van der Waals surface area contributed by atoms with E-state index in [4.69, 9.17) is 19.4 Å². The summed E-state index contributed by atoms with van der Waals surface area (Å²) < 4.78 is 10.6. The first-order valence-electron chi connectivity index (χ1n) is 9.39. The standard InChI is InChI=1S/C22H27NO5/c1-4-20(23-27-15-14-16-6-10-18(26-3)11-7-16)17-8-12-19(13-9-17)28-21(5-2)22(24)25/h6-13,21H,4-5,14-15H2,1-3H3,(H,24,25)/b23-20+. The molecular formula is C22H27NO5. The molecule has 0 aromatic heterocycles. The molecule has 0 spiro atoms. The van der Waals surface area contributed by atoms with Crippen LogP contribution in [0.3, 0.4) is 0 Å². The van der Waals surface area contributed by atoms with Gasteiger partial charge in [0.25, 0.3) is 0 Å². The Morgan fingerprint density at radius 1 is 1.04 bits per heavy atom. The highest BCUT2D eigenvalue weighted by Gasteiger charge is 2.16. The van der Waals surface area contributed by atoms with Crippen LogP contribution < -0.4 is 9.47 Å². The van der Waals surface area contributed by atoms with Gasteiger partial charge in [0, 0.05) is 6.42 Å². The van der Waals surface area contributed by atoms with Crippen molar-refractivity contribution in [1.29, 1.82) is 0 Å². The molecule has 0 aliphatic carbocycles. The summed E-state index contributed by atoms with van der Waals surface area (Å²) in [6, 6.07) is 15.1. The number of carboxylic acid groups (broad SMARTS) is 1. The molecule has 0 aliphatic heterocycles. The largest absolute Gasteiger partial charge is 0.497 e. The smallest absolute Gasteiger partial charge is 0.344 e. The Morgan fingerprint density at radius 3 is 2.21 bits per heavy atom. The summed E-state index contributed by atoms with van der Waals surface area (Å²) in [5, 5.41) is 13.3. The number of oxime groups is 1. The van der Waals surface area contributed by atoms with E-state index in [-0.39, 0.29) is 0 Å². The Kier molecular flexibility index (Phi) is 8.34. The monoisotopic (exact) mass is 385 g/mol. The molecule has 2 aromatic carbocycles. The lowest BCUT2D eigenvalue weighted by Gasteiger charge is -2.13. The topological polar surface area (TPSA) is 77.3 Å². The summed E-state index contributed by atoms with van der Waals surface area (Å²) in [4.78, 5) is 16.6. The summed E-state index contributed by atoms with van der Waals surface area (Å²) in [6.07, 6.45) is 1.03. The normalized spacial score (nSPS) is 12.3. The van der Waals surface area contributed by atoms with Crippen LogP contribution in [0.4, 0.5) is 0 Å². The molecule has 1 atom stereocenters. The number of methoxy groups -OCH3 is 1. The molecule has 2 rings (SSSR count). The highest BCUT2D eigenvalue weighted by Crippen LogP contribution is 2.17. The zero-order valence-electron chi connectivity index (χ0n) is 16.6. The van der Waals surface area contributed by atoms with Gasteiger partial charge in [-0.25, -0.2) is 4.79 Å². The van der Waals surface area contributed by atoms with E-state index in [1.54, 1.807) is 26.2 Å². The molecule has 0 heterocycles. The molecule has 0 radical (unpaired) electrons. The Morgan fingerprint density at radius 2 is 1.68 bits per heavy atom. The van der Waals surface area contributed by atoms with Gasteiger partial charge in [-0.2, -0.15) is 0 Å². The molecule has 0 bridgehead atoms. The van der Waals surface area contributed by atoms with Crippen LogP contribution in [-0.4, -0.2) is 36.6 Å². The zero-order chi connectivity index (χ0) is 20.4. The molecule has 1 unspecified atom stereocenters. The van der Waals surface area contributed by atoms with Crippen LogP contribution in [0.15, 0.2) is 53.7 Å². The van der Waals surface area contributed by atoms with E-state index < -0.39 is 12.1 Å². The Balaban J connectivity index is 1.91. The molecule has 2 aromatic rings. The number of ether oxygens (including phenoxy) is 2. The molecule has 0 amide bonds. The van der Waals surface area contributed by atoms with Crippen molar-refractivity contribution in [3.8, 4) is 11.5 Å². The summed E-state index contributed by atoms with van der Waals surface area (Å²) in [5.74, 6) is 0.388. The first-order valence-corrected chi connectivity index (χ1v) is 9.39. The van der Waals surface area contributed by atoms with E-state index in [2.05, 4.69) is 5.16 Å². The van der Waals surface area contributed by atoms with E-state index in [1.807, 2.05) is 43.3 Å². The fourth-order valence-electron chi connectivity index (χ4n) is 2.60. The van der Waals surface area contributed by atoms with E-state index in [0.29, 0.717) is 18.8 Å². The number of nitrogens with zero attached hydrogens (tertiary/aromatic N) is 1. The van der Waals surface area contributed by atoms with Gasteiger partial charge in [0.2, 0.25) is 0 Å². The van der Waals surface area contributed by atoms with Crippen LogP contribution in [-0.2, 0) is 16.1 Å². The van der Waals surface area contributed by atoms with Crippen LogP contribution in [0.25, 0.3) is 0 Å². The maximum Gasteiger partial charge on any atom is 0.344 e. The van der Waals surface area contributed by atoms with Gasteiger partial charge in [-0.15, -0.1) is 0 Å². The molecule has 0 aliphatic rings. The summed E-state index contributed by atoms with van der Waals surface area (Å²) in [6.45, 7) is 4.26. The number of hydrogen-bond donors (Lipinski definition) is 1. The van der Waals surface area contributed by atoms with Crippen LogP contribution >= 0.6 is 0 Å². The Hall–Kier alpha value is -3.02. The van der Waals surface area contributed by atoms with Gasteiger partial charge >= 0.3 is 5.97 Å². The number of benzene rings is 2. The Labute approximate surface area is 165 Å². The van der Waals surface area contributed by atoms with E-state index in [1.165, 1.54) is 0 Å². The second kappa shape index (κ2) is 11.0. The van der Waals surface area contributed by atoms with Crippen molar-refractivity contribution in [3.63, 3.8) is 0 Å². The number of carbonyl (C=O) groups is 1. The third kappa shape index (κ3) is 6.30. The minimum Gasteiger partial charge on any atom is -0.497 e. The molecule has 6 heteroatoms. The van der Waals surface area contributed by atoms with Crippen molar-refractivity contribution in [2.75, 3.05) is 13.7 Å². The van der Waals surface area contributed by atoms with Gasteiger partial charge in [-0.3, -0.25) is 0 Å². The molecule has 1 N–H and O–H groups in total. The number of hydrogen-bond acceptors (Lipinski definition) is 5. The number of aliphatic carboxylic acids is 1. The number of carboxylic acids is 1. The maximum absolute atomic E-state index is 11.1.